The quantitative estimate of drug-likeness (QED) is 0.364. The van der Waals surface area contributed by atoms with Crippen molar-refractivity contribution in [1.29, 1.82) is 0 Å². The summed E-state index contributed by atoms with van der Waals surface area (Å²) < 4.78 is 0. The van der Waals surface area contributed by atoms with Gasteiger partial charge in [-0.05, 0) is 51.5 Å². The summed E-state index contributed by atoms with van der Waals surface area (Å²) in [7, 11) is 0. The van der Waals surface area contributed by atoms with Crippen LogP contribution in [0.2, 0.25) is 0 Å². The summed E-state index contributed by atoms with van der Waals surface area (Å²) in [5, 5.41) is 6.68. The minimum atomic E-state index is 0. The fourth-order valence-electron chi connectivity index (χ4n) is 3.60. The molecule has 24 heavy (non-hydrogen) atoms. The number of carbonyl (C=O) groups excluding carboxylic acids is 1. The lowest BCUT2D eigenvalue weighted by Gasteiger charge is -2.17. The first-order valence-electron chi connectivity index (χ1n) is 9.30. The van der Waals surface area contributed by atoms with Crippen LogP contribution in [-0.2, 0) is 4.79 Å². The van der Waals surface area contributed by atoms with Gasteiger partial charge in [0.05, 0.1) is 0 Å². The van der Waals surface area contributed by atoms with Crippen molar-refractivity contribution >= 4 is 35.8 Å². The molecule has 3 aliphatic rings. The van der Waals surface area contributed by atoms with Gasteiger partial charge in [0.1, 0.15) is 6.54 Å². The van der Waals surface area contributed by atoms with Crippen molar-refractivity contribution in [3.8, 4) is 0 Å². The standard InChI is InChI=1S/C17H31N5O.HI/c1-2-18-17(20-12-16(23)21-8-3-4-9-21)19-11-14-7-10-22(13-14)15-5-6-15;/h14-15H,2-13H2,1H3,(H2,18,19,20);1H. The molecule has 1 saturated carbocycles. The fourth-order valence-corrected chi connectivity index (χ4v) is 3.60. The maximum absolute atomic E-state index is 12.1. The highest BCUT2D eigenvalue weighted by atomic mass is 127. The number of amides is 1. The van der Waals surface area contributed by atoms with Crippen LogP contribution in [-0.4, -0.2) is 73.5 Å². The molecule has 1 unspecified atom stereocenters. The van der Waals surface area contributed by atoms with E-state index in [0.29, 0.717) is 5.92 Å². The summed E-state index contributed by atoms with van der Waals surface area (Å²) >= 11 is 0. The van der Waals surface area contributed by atoms with Crippen LogP contribution in [0.1, 0.15) is 39.0 Å². The number of nitrogens with zero attached hydrogens (tertiary/aromatic N) is 3. The van der Waals surface area contributed by atoms with Crippen molar-refractivity contribution in [2.45, 2.75) is 45.1 Å². The van der Waals surface area contributed by atoms with Crippen molar-refractivity contribution in [1.82, 2.24) is 20.4 Å². The Balaban J connectivity index is 0.00000208. The third kappa shape index (κ3) is 5.75. The Hall–Kier alpha value is -0.570. The summed E-state index contributed by atoms with van der Waals surface area (Å²) in [6.07, 6.45) is 6.32. The van der Waals surface area contributed by atoms with Crippen LogP contribution in [0.3, 0.4) is 0 Å². The van der Waals surface area contributed by atoms with Gasteiger partial charge in [0, 0.05) is 38.8 Å². The van der Waals surface area contributed by atoms with E-state index < -0.39 is 0 Å². The van der Waals surface area contributed by atoms with Gasteiger partial charge in [-0.3, -0.25) is 4.79 Å². The highest BCUT2D eigenvalue weighted by molar-refractivity contribution is 14.0. The Bertz CT molecular complexity index is 435. The third-order valence-electron chi connectivity index (χ3n) is 5.11. The van der Waals surface area contributed by atoms with E-state index in [1.165, 1.54) is 32.4 Å². The average Bonchev–Trinajstić information content (AvgIpc) is 3.07. The summed E-state index contributed by atoms with van der Waals surface area (Å²) in [4.78, 5) is 21.1. The maximum atomic E-state index is 12.1. The van der Waals surface area contributed by atoms with E-state index in [1.54, 1.807) is 0 Å². The highest BCUT2D eigenvalue weighted by Crippen LogP contribution is 2.31. The van der Waals surface area contributed by atoms with E-state index in [2.05, 4.69) is 27.4 Å². The zero-order chi connectivity index (χ0) is 16.1. The Morgan fingerprint density at radius 1 is 1.12 bits per heavy atom. The number of hydrogen-bond acceptors (Lipinski definition) is 3. The van der Waals surface area contributed by atoms with Crippen LogP contribution in [0.25, 0.3) is 0 Å². The number of guanidine groups is 1. The molecule has 2 aliphatic heterocycles. The van der Waals surface area contributed by atoms with Gasteiger partial charge in [-0.25, -0.2) is 4.99 Å². The molecule has 1 amide bonds. The lowest BCUT2D eigenvalue weighted by molar-refractivity contribution is -0.128. The van der Waals surface area contributed by atoms with Crippen LogP contribution in [0.4, 0.5) is 0 Å². The monoisotopic (exact) mass is 449 g/mol. The zero-order valence-corrected chi connectivity index (χ0v) is 17.1. The molecule has 3 rings (SSSR count). The summed E-state index contributed by atoms with van der Waals surface area (Å²) in [6, 6.07) is 0.875. The first-order valence-corrected chi connectivity index (χ1v) is 9.30. The van der Waals surface area contributed by atoms with Crippen LogP contribution in [0, 0.1) is 5.92 Å². The normalized spacial score (nSPS) is 24.8. The van der Waals surface area contributed by atoms with Crippen molar-refractivity contribution < 1.29 is 4.79 Å². The lowest BCUT2D eigenvalue weighted by atomic mass is 10.1. The molecule has 1 atom stereocenters. The second kappa shape index (κ2) is 9.79. The molecule has 0 aromatic heterocycles. The largest absolute Gasteiger partial charge is 0.357 e. The number of nitrogens with one attached hydrogen (secondary N) is 2. The van der Waals surface area contributed by atoms with E-state index in [4.69, 9.17) is 0 Å². The number of hydrogen-bond donors (Lipinski definition) is 2. The van der Waals surface area contributed by atoms with Gasteiger partial charge in [-0.2, -0.15) is 0 Å². The van der Waals surface area contributed by atoms with Crippen molar-refractivity contribution in [2.24, 2.45) is 10.9 Å². The molecule has 0 aromatic rings. The molecule has 2 heterocycles. The van der Waals surface area contributed by atoms with E-state index in [1.807, 2.05) is 4.90 Å². The molecule has 0 bridgehead atoms. The van der Waals surface area contributed by atoms with Gasteiger partial charge >= 0.3 is 0 Å². The van der Waals surface area contributed by atoms with Gasteiger partial charge in [-0.15, -0.1) is 24.0 Å². The Labute approximate surface area is 162 Å². The van der Waals surface area contributed by atoms with Gasteiger partial charge in [-0.1, -0.05) is 0 Å². The predicted molar refractivity (Wildman–Crippen MR) is 108 cm³/mol. The third-order valence-corrected chi connectivity index (χ3v) is 5.11. The number of rotatable bonds is 6. The van der Waals surface area contributed by atoms with Crippen LogP contribution in [0.5, 0.6) is 0 Å². The zero-order valence-electron chi connectivity index (χ0n) is 14.8. The van der Waals surface area contributed by atoms with E-state index >= 15 is 0 Å². The molecule has 1 aliphatic carbocycles. The van der Waals surface area contributed by atoms with E-state index in [0.717, 1.165) is 51.0 Å². The van der Waals surface area contributed by atoms with E-state index in [9.17, 15) is 4.79 Å². The predicted octanol–water partition coefficient (Wildman–Crippen LogP) is 1.27. The molecular formula is C17H32IN5O. The molecule has 6 nitrogen and oxygen atoms in total. The summed E-state index contributed by atoms with van der Waals surface area (Å²) in [5.41, 5.74) is 0. The number of aliphatic imine (C=N–C) groups is 1. The molecule has 2 saturated heterocycles. The Morgan fingerprint density at radius 3 is 2.54 bits per heavy atom. The van der Waals surface area contributed by atoms with Crippen molar-refractivity contribution in [3.05, 3.63) is 0 Å². The molecule has 3 fully saturated rings. The summed E-state index contributed by atoms with van der Waals surface area (Å²) in [6.45, 7) is 8.35. The Morgan fingerprint density at radius 2 is 1.88 bits per heavy atom. The Kier molecular flexibility index (Phi) is 8.06. The highest BCUT2D eigenvalue weighted by Gasteiger charge is 2.34. The topological polar surface area (TPSA) is 60.0 Å². The number of likely N-dealkylation sites (tertiary alicyclic amines) is 2. The minimum absolute atomic E-state index is 0. The van der Waals surface area contributed by atoms with Crippen LogP contribution < -0.4 is 10.6 Å². The van der Waals surface area contributed by atoms with Crippen molar-refractivity contribution in [3.63, 3.8) is 0 Å². The molecule has 138 valence electrons. The second-order valence-corrected chi connectivity index (χ2v) is 7.04. The van der Waals surface area contributed by atoms with Crippen LogP contribution >= 0.6 is 24.0 Å². The summed E-state index contributed by atoms with van der Waals surface area (Å²) in [5.74, 6) is 1.64. The lowest BCUT2D eigenvalue weighted by Crippen LogP contribution is -2.41. The van der Waals surface area contributed by atoms with Gasteiger partial charge < -0.3 is 20.4 Å². The van der Waals surface area contributed by atoms with Gasteiger partial charge in [0.2, 0.25) is 5.91 Å². The number of carbonyl (C=O) groups is 1. The second-order valence-electron chi connectivity index (χ2n) is 7.04. The SMILES string of the molecule is CCNC(=NCC(=O)N1CCCC1)NCC1CCN(C2CC2)C1.I. The maximum Gasteiger partial charge on any atom is 0.244 e. The minimum Gasteiger partial charge on any atom is -0.357 e. The molecule has 0 spiro atoms. The van der Waals surface area contributed by atoms with Crippen molar-refractivity contribution in [2.75, 3.05) is 45.8 Å². The molecule has 0 aromatic carbocycles. The average molecular weight is 449 g/mol. The molecule has 7 heteroatoms. The smallest absolute Gasteiger partial charge is 0.244 e. The first-order chi connectivity index (χ1) is 11.3. The number of halogens is 1. The fraction of sp³-hybridized carbons (Fsp3) is 0.882. The molecular weight excluding hydrogens is 417 g/mol. The van der Waals surface area contributed by atoms with Crippen LogP contribution in [0.15, 0.2) is 4.99 Å². The molecule has 2 N–H and O–H groups in total. The molecule has 0 radical (unpaired) electrons. The van der Waals surface area contributed by atoms with Gasteiger partial charge in [0.25, 0.3) is 0 Å². The van der Waals surface area contributed by atoms with E-state index in [-0.39, 0.29) is 36.4 Å². The first kappa shape index (κ1) is 19.8. The van der Waals surface area contributed by atoms with Gasteiger partial charge in [0.15, 0.2) is 5.96 Å².